The Hall–Kier alpha value is -2.09. The minimum atomic E-state index is -0.213. The van der Waals surface area contributed by atoms with Crippen molar-refractivity contribution in [2.75, 3.05) is 23.4 Å². The van der Waals surface area contributed by atoms with E-state index >= 15 is 0 Å². The number of anilines is 2. The van der Waals surface area contributed by atoms with E-state index in [4.69, 9.17) is 4.74 Å². The van der Waals surface area contributed by atoms with E-state index in [-0.39, 0.29) is 18.4 Å². The van der Waals surface area contributed by atoms with E-state index in [9.17, 15) is 9.59 Å². The van der Waals surface area contributed by atoms with Gasteiger partial charge in [-0.25, -0.2) is 0 Å². The largest absolute Gasteiger partial charge is 0.484 e. The molecule has 1 heterocycles. The molecule has 0 radical (unpaired) electrons. The zero-order valence-corrected chi connectivity index (χ0v) is 15.4. The van der Waals surface area contributed by atoms with E-state index < -0.39 is 0 Å². The number of nitrogens with one attached hydrogen (secondary N) is 1. The number of carbonyl (C=O) groups excluding carboxylic acids is 2. The van der Waals surface area contributed by atoms with Crippen molar-refractivity contribution in [1.82, 2.24) is 0 Å². The molecule has 124 valence electrons. The Bertz CT molecular complexity index is 792. The Balaban J connectivity index is 1.60. The zero-order valence-electron chi connectivity index (χ0n) is 13.2. The van der Waals surface area contributed by atoms with Crippen LogP contribution in [0.2, 0.25) is 0 Å². The lowest BCUT2D eigenvalue weighted by Gasteiger charge is -2.15. The van der Waals surface area contributed by atoms with Gasteiger partial charge in [0.1, 0.15) is 5.75 Å². The van der Waals surface area contributed by atoms with Gasteiger partial charge in [-0.15, -0.1) is 0 Å². The van der Waals surface area contributed by atoms with Gasteiger partial charge in [-0.3, -0.25) is 9.59 Å². The van der Waals surface area contributed by atoms with Crippen molar-refractivity contribution in [2.24, 2.45) is 0 Å². The molecule has 24 heavy (non-hydrogen) atoms. The molecule has 0 fully saturated rings. The molecule has 0 saturated heterocycles. The molecule has 1 aliphatic heterocycles. The number of hydrogen-bond acceptors (Lipinski definition) is 3. The maximum atomic E-state index is 12.0. The summed E-state index contributed by atoms with van der Waals surface area (Å²) in [5.41, 5.74) is 2.72. The molecule has 0 atom stereocenters. The third-order valence-electron chi connectivity index (χ3n) is 3.80. The average Bonchev–Trinajstić information content (AvgIpc) is 2.96. The van der Waals surface area contributed by atoms with Gasteiger partial charge in [0.15, 0.2) is 6.61 Å². The van der Waals surface area contributed by atoms with E-state index in [0.29, 0.717) is 12.3 Å². The van der Waals surface area contributed by atoms with Crippen molar-refractivity contribution in [3.8, 4) is 5.75 Å². The molecule has 0 bridgehead atoms. The van der Waals surface area contributed by atoms with Crippen LogP contribution in [0, 0.1) is 3.57 Å². The Morgan fingerprint density at radius 2 is 2.08 bits per heavy atom. The molecule has 0 saturated carbocycles. The zero-order chi connectivity index (χ0) is 17.1. The third-order valence-corrected chi connectivity index (χ3v) is 4.48. The van der Waals surface area contributed by atoms with Crippen LogP contribution in [0.1, 0.15) is 12.5 Å². The van der Waals surface area contributed by atoms with Crippen LogP contribution in [-0.4, -0.2) is 25.0 Å². The van der Waals surface area contributed by atoms with Crippen molar-refractivity contribution < 1.29 is 14.3 Å². The lowest BCUT2D eigenvalue weighted by molar-refractivity contribution is -0.118. The molecule has 2 amide bonds. The highest BCUT2D eigenvalue weighted by Gasteiger charge is 2.22. The average molecular weight is 436 g/mol. The summed E-state index contributed by atoms with van der Waals surface area (Å²) in [6.07, 6.45) is 0.803. The predicted octanol–water partition coefficient (Wildman–Crippen LogP) is 3.22. The topological polar surface area (TPSA) is 58.6 Å². The fraction of sp³-hybridized carbons (Fsp3) is 0.222. The standard InChI is InChI=1S/C18H17IN2O3/c1-12(22)21-8-7-13-9-15(5-6-17(13)21)20-18(23)11-24-16-4-2-3-14(19)10-16/h2-6,9-10H,7-8,11H2,1H3,(H,20,23). The first-order valence-electron chi connectivity index (χ1n) is 7.62. The summed E-state index contributed by atoms with van der Waals surface area (Å²) in [6.45, 7) is 2.21. The molecule has 0 spiro atoms. The molecule has 5 nitrogen and oxygen atoms in total. The van der Waals surface area contributed by atoms with E-state index in [0.717, 1.165) is 26.9 Å². The van der Waals surface area contributed by atoms with Crippen LogP contribution < -0.4 is 15.0 Å². The van der Waals surface area contributed by atoms with Gasteiger partial charge in [0.25, 0.3) is 5.91 Å². The predicted molar refractivity (Wildman–Crippen MR) is 101 cm³/mol. The maximum absolute atomic E-state index is 12.0. The van der Waals surface area contributed by atoms with Gasteiger partial charge in [-0.2, -0.15) is 0 Å². The molecule has 0 unspecified atom stereocenters. The number of fused-ring (bicyclic) bond motifs is 1. The maximum Gasteiger partial charge on any atom is 0.262 e. The summed E-state index contributed by atoms with van der Waals surface area (Å²) < 4.78 is 6.55. The number of nitrogens with zero attached hydrogens (tertiary/aromatic N) is 1. The summed E-state index contributed by atoms with van der Waals surface area (Å²) in [6, 6.07) is 13.1. The van der Waals surface area contributed by atoms with Gasteiger partial charge in [-0.05, 0) is 71.0 Å². The van der Waals surface area contributed by atoms with Crippen LogP contribution >= 0.6 is 22.6 Å². The molecular weight excluding hydrogens is 419 g/mol. The van der Waals surface area contributed by atoms with Gasteiger partial charge < -0.3 is 15.0 Å². The van der Waals surface area contributed by atoms with Crippen LogP contribution in [0.25, 0.3) is 0 Å². The number of halogens is 1. The first-order chi connectivity index (χ1) is 11.5. The highest BCUT2D eigenvalue weighted by molar-refractivity contribution is 14.1. The molecule has 1 N–H and O–H groups in total. The van der Waals surface area contributed by atoms with Gasteiger partial charge in [0.05, 0.1) is 0 Å². The Labute approximate surface area is 154 Å². The van der Waals surface area contributed by atoms with Gasteiger partial charge >= 0.3 is 0 Å². The van der Waals surface area contributed by atoms with Crippen molar-refractivity contribution >= 4 is 45.8 Å². The second-order valence-corrected chi connectivity index (χ2v) is 6.80. The van der Waals surface area contributed by atoms with E-state index in [1.807, 2.05) is 42.5 Å². The van der Waals surface area contributed by atoms with Gasteiger partial charge in [0.2, 0.25) is 5.91 Å². The second-order valence-electron chi connectivity index (χ2n) is 5.56. The van der Waals surface area contributed by atoms with Crippen LogP contribution in [0.4, 0.5) is 11.4 Å². The molecule has 0 aliphatic carbocycles. The van der Waals surface area contributed by atoms with Gasteiger partial charge in [0, 0.05) is 28.4 Å². The number of benzene rings is 2. The Morgan fingerprint density at radius 1 is 1.25 bits per heavy atom. The number of ether oxygens (including phenoxy) is 1. The van der Waals surface area contributed by atoms with Crippen molar-refractivity contribution in [1.29, 1.82) is 0 Å². The normalized spacial score (nSPS) is 12.7. The van der Waals surface area contributed by atoms with Crippen LogP contribution in [0.3, 0.4) is 0 Å². The Kier molecular flexibility index (Phi) is 5.03. The molecule has 2 aromatic carbocycles. The lowest BCUT2D eigenvalue weighted by atomic mass is 10.1. The number of carbonyl (C=O) groups is 2. The van der Waals surface area contributed by atoms with E-state index in [1.54, 1.807) is 11.8 Å². The molecule has 0 aromatic heterocycles. The van der Waals surface area contributed by atoms with E-state index in [1.165, 1.54) is 0 Å². The number of rotatable bonds is 4. The van der Waals surface area contributed by atoms with Crippen molar-refractivity contribution in [3.05, 3.63) is 51.6 Å². The SMILES string of the molecule is CC(=O)N1CCc2cc(NC(=O)COc3cccc(I)c3)ccc21. The fourth-order valence-corrected chi connectivity index (χ4v) is 3.22. The van der Waals surface area contributed by atoms with Crippen LogP contribution in [-0.2, 0) is 16.0 Å². The molecule has 2 aromatic rings. The highest BCUT2D eigenvalue weighted by atomic mass is 127. The highest BCUT2D eigenvalue weighted by Crippen LogP contribution is 2.30. The summed E-state index contributed by atoms with van der Waals surface area (Å²) in [7, 11) is 0. The molecule has 6 heteroatoms. The van der Waals surface area contributed by atoms with Crippen molar-refractivity contribution in [2.45, 2.75) is 13.3 Å². The first-order valence-corrected chi connectivity index (χ1v) is 8.70. The third kappa shape index (κ3) is 3.87. The molecular formula is C18H17IN2O3. The van der Waals surface area contributed by atoms with Crippen LogP contribution in [0.15, 0.2) is 42.5 Å². The lowest BCUT2D eigenvalue weighted by Crippen LogP contribution is -2.25. The fourth-order valence-electron chi connectivity index (χ4n) is 2.71. The summed E-state index contributed by atoms with van der Waals surface area (Å²) in [4.78, 5) is 25.3. The molecule has 1 aliphatic rings. The minimum Gasteiger partial charge on any atom is -0.484 e. The quantitative estimate of drug-likeness (QED) is 0.750. The second kappa shape index (κ2) is 7.21. The van der Waals surface area contributed by atoms with Crippen molar-refractivity contribution in [3.63, 3.8) is 0 Å². The molecule has 3 rings (SSSR count). The monoisotopic (exact) mass is 436 g/mol. The number of amides is 2. The summed E-state index contributed by atoms with van der Waals surface area (Å²) in [5.74, 6) is 0.495. The first kappa shape index (κ1) is 16.8. The summed E-state index contributed by atoms with van der Waals surface area (Å²) in [5, 5.41) is 2.83. The smallest absolute Gasteiger partial charge is 0.262 e. The number of hydrogen-bond donors (Lipinski definition) is 1. The van der Waals surface area contributed by atoms with Gasteiger partial charge in [-0.1, -0.05) is 6.07 Å². The van der Waals surface area contributed by atoms with Crippen LogP contribution in [0.5, 0.6) is 5.75 Å². The minimum absolute atomic E-state index is 0.0384. The van der Waals surface area contributed by atoms with E-state index in [2.05, 4.69) is 27.9 Å². The summed E-state index contributed by atoms with van der Waals surface area (Å²) >= 11 is 2.20. The Morgan fingerprint density at radius 3 is 2.83 bits per heavy atom.